The zero-order valence-electron chi connectivity index (χ0n) is 13.8. The van der Waals surface area contributed by atoms with Gasteiger partial charge in [-0.1, -0.05) is 28.1 Å². The molecular weight excluding hydrogens is 431 g/mol. The Bertz CT molecular complexity index is 1090. The molecule has 2 aromatic carbocycles. The summed E-state index contributed by atoms with van der Waals surface area (Å²) in [4.78, 5) is 15.6. The smallest absolute Gasteiger partial charge is 0.212 e. The lowest BCUT2D eigenvalue weighted by Crippen LogP contribution is -2.04. The average Bonchev–Trinajstić information content (AvgIpc) is 3.31. The first kappa shape index (κ1) is 17.6. The van der Waals surface area contributed by atoms with Crippen molar-refractivity contribution >= 4 is 39.5 Å². The lowest BCUT2D eigenvalue weighted by Gasteiger charge is -2.01. The van der Waals surface area contributed by atoms with Gasteiger partial charge in [-0.05, 0) is 36.4 Å². The molecule has 134 valence electrons. The number of aromatic nitrogens is 3. The molecule has 5 nitrogen and oxygen atoms in total. The zero-order chi connectivity index (χ0) is 18.8. The van der Waals surface area contributed by atoms with Gasteiger partial charge in [-0.25, -0.2) is 9.37 Å². The molecule has 2 heterocycles. The van der Waals surface area contributed by atoms with Gasteiger partial charge in [0.2, 0.25) is 11.5 Å². The van der Waals surface area contributed by atoms with E-state index in [4.69, 9.17) is 0 Å². The lowest BCUT2D eigenvalue weighted by molar-refractivity contribution is -0.105. The molecule has 4 aromatic rings. The van der Waals surface area contributed by atoms with Crippen LogP contribution in [0.5, 0.6) is 0 Å². The monoisotopic (exact) mass is 442 g/mol. The molecule has 0 spiro atoms. The maximum absolute atomic E-state index is 13.1. The first-order valence-corrected chi connectivity index (χ1v) is 9.59. The Kier molecular flexibility index (Phi) is 4.83. The van der Waals surface area contributed by atoms with E-state index in [0.29, 0.717) is 28.7 Å². The van der Waals surface area contributed by atoms with E-state index < -0.39 is 0 Å². The van der Waals surface area contributed by atoms with Gasteiger partial charge in [0.1, 0.15) is 11.6 Å². The molecule has 0 unspecified atom stereocenters. The van der Waals surface area contributed by atoms with Crippen LogP contribution in [0.15, 0.2) is 64.5 Å². The molecule has 0 aliphatic rings. The highest BCUT2D eigenvalue weighted by atomic mass is 79.9. The summed E-state index contributed by atoms with van der Waals surface area (Å²) in [7, 11) is 0. The predicted octanol–water partition coefficient (Wildman–Crippen LogP) is 5.13. The van der Waals surface area contributed by atoms with Crippen molar-refractivity contribution < 1.29 is 9.18 Å². The van der Waals surface area contributed by atoms with Crippen molar-refractivity contribution in [3.63, 3.8) is 0 Å². The summed E-state index contributed by atoms with van der Waals surface area (Å²) in [6.07, 6.45) is 0.605. The number of thiazole rings is 1. The lowest BCUT2D eigenvalue weighted by atomic mass is 10.2. The van der Waals surface area contributed by atoms with Gasteiger partial charge in [0.25, 0.3) is 0 Å². The Morgan fingerprint density at radius 1 is 1.04 bits per heavy atom. The van der Waals surface area contributed by atoms with Crippen LogP contribution in [-0.4, -0.2) is 21.2 Å². The third kappa shape index (κ3) is 3.67. The molecule has 2 aromatic heterocycles. The van der Waals surface area contributed by atoms with Crippen molar-refractivity contribution in [1.82, 2.24) is 14.8 Å². The van der Waals surface area contributed by atoms with Crippen LogP contribution in [0.25, 0.3) is 27.6 Å². The van der Waals surface area contributed by atoms with Crippen molar-refractivity contribution in [2.24, 2.45) is 0 Å². The number of nitrogens with zero attached hydrogens (tertiary/aromatic N) is 3. The fourth-order valence-corrected chi connectivity index (χ4v) is 3.63. The standard InChI is InChI=1S/C19H12BrFN4OS/c20-14-5-1-12(2-6-14)16-9-18(22-11-26)25(24-16)19-23-17(10-27-19)13-3-7-15(21)8-4-13/h1-11H,(H,22,26). The SMILES string of the molecule is O=CNc1cc(-c2ccc(Br)cc2)nn1-c1nc(-c2ccc(F)cc2)cs1. The van der Waals surface area contributed by atoms with Gasteiger partial charge in [0, 0.05) is 27.0 Å². The molecule has 0 aliphatic heterocycles. The summed E-state index contributed by atoms with van der Waals surface area (Å²) in [6.45, 7) is 0. The minimum atomic E-state index is -0.294. The third-order valence-electron chi connectivity index (χ3n) is 3.87. The van der Waals surface area contributed by atoms with Gasteiger partial charge in [-0.2, -0.15) is 9.78 Å². The van der Waals surface area contributed by atoms with E-state index in [1.54, 1.807) is 22.9 Å². The van der Waals surface area contributed by atoms with Gasteiger partial charge in [-0.3, -0.25) is 4.79 Å². The minimum Gasteiger partial charge on any atom is -0.313 e. The first-order valence-electron chi connectivity index (χ1n) is 7.92. The third-order valence-corrected chi connectivity index (χ3v) is 5.21. The molecule has 0 bridgehead atoms. The first-order chi connectivity index (χ1) is 13.1. The molecule has 0 radical (unpaired) electrons. The van der Waals surface area contributed by atoms with Crippen molar-refractivity contribution in [3.8, 4) is 27.6 Å². The number of benzene rings is 2. The molecule has 0 aliphatic carbocycles. The number of amides is 1. The second-order valence-corrected chi connectivity index (χ2v) is 7.37. The number of halogens is 2. The van der Waals surface area contributed by atoms with E-state index in [-0.39, 0.29) is 5.82 Å². The minimum absolute atomic E-state index is 0.294. The van der Waals surface area contributed by atoms with Crippen LogP contribution < -0.4 is 5.32 Å². The fourth-order valence-electron chi connectivity index (χ4n) is 2.57. The van der Waals surface area contributed by atoms with Crippen LogP contribution in [-0.2, 0) is 4.79 Å². The Labute approximate surface area is 166 Å². The average molecular weight is 443 g/mol. The quantitative estimate of drug-likeness (QED) is 0.435. The molecular formula is C19H12BrFN4OS. The zero-order valence-corrected chi connectivity index (χ0v) is 16.2. The van der Waals surface area contributed by atoms with Gasteiger partial charge < -0.3 is 5.32 Å². The number of carbonyl (C=O) groups is 1. The van der Waals surface area contributed by atoms with Crippen molar-refractivity contribution in [2.45, 2.75) is 0 Å². The maximum Gasteiger partial charge on any atom is 0.212 e. The largest absolute Gasteiger partial charge is 0.313 e. The number of anilines is 1. The number of nitrogens with one attached hydrogen (secondary N) is 1. The van der Waals surface area contributed by atoms with Crippen LogP contribution in [0.4, 0.5) is 10.2 Å². The molecule has 8 heteroatoms. The number of carbonyl (C=O) groups excluding carboxylic acids is 1. The van der Waals surface area contributed by atoms with Crippen LogP contribution in [0.3, 0.4) is 0 Å². The molecule has 4 rings (SSSR count). The van der Waals surface area contributed by atoms with Crippen molar-refractivity contribution in [1.29, 1.82) is 0 Å². The Morgan fingerprint density at radius 2 is 1.70 bits per heavy atom. The van der Waals surface area contributed by atoms with Gasteiger partial charge in [0.05, 0.1) is 11.4 Å². The summed E-state index contributed by atoms with van der Waals surface area (Å²) in [5.41, 5.74) is 3.16. The summed E-state index contributed by atoms with van der Waals surface area (Å²) < 4.78 is 15.7. The molecule has 0 saturated carbocycles. The molecule has 1 amide bonds. The molecule has 27 heavy (non-hydrogen) atoms. The highest BCUT2D eigenvalue weighted by Gasteiger charge is 2.14. The summed E-state index contributed by atoms with van der Waals surface area (Å²) in [5, 5.41) is 9.72. The molecule has 0 atom stereocenters. The topological polar surface area (TPSA) is 59.8 Å². The normalized spacial score (nSPS) is 10.7. The highest BCUT2D eigenvalue weighted by Crippen LogP contribution is 2.29. The molecule has 0 fully saturated rings. The fraction of sp³-hybridized carbons (Fsp3) is 0. The summed E-state index contributed by atoms with van der Waals surface area (Å²) in [6, 6.07) is 15.7. The van der Waals surface area contributed by atoms with Crippen LogP contribution in [0, 0.1) is 5.82 Å². The van der Waals surface area contributed by atoms with E-state index in [0.717, 1.165) is 15.6 Å². The second-order valence-electron chi connectivity index (χ2n) is 5.62. The van der Waals surface area contributed by atoms with E-state index in [9.17, 15) is 9.18 Å². The van der Waals surface area contributed by atoms with Gasteiger partial charge in [0.15, 0.2) is 0 Å². The van der Waals surface area contributed by atoms with Crippen LogP contribution >= 0.6 is 27.3 Å². The number of rotatable bonds is 5. The van der Waals surface area contributed by atoms with Crippen LogP contribution in [0.2, 0.25) is 0 Å². The van der Waals surface area contributed by atoms with Crippen molar-refractivity contribution in [2.75, 3.05) is 5.32 Å². The van der Waals surface area contributed by atoms with Crippen LogP contribution in [0.1, 0.15) is 0 Å². The Morgan fingerprint density at radius 3 is 2.41 bits per heavy atom. The number of hydrogen-bond donors (Lipinski definition) is 1. The second kappa shape index (κ2) is 7.42. The van der Waals surface area contributed by atoms with Gasteiger partial charge in [-0.15, -0.1) is 11.3 Å². The Balaban J connectivity index is 1.73. The van der Waals surface area contributed by atoms with E-state index in [1.165, 1.54) is 23.5 Å². The maximum atomic E-state index is 13.1. The molecule has 1 N–H and O–H groups in total. The number of hydrogen-bond acceptors (Lipinski definition) is 4. The van der Waals surface area contributed by atoms with E-state index in [1.807, 2.05) is 29.6 Å². The van der Waals surface area contributed by atoms with E-state index in [2.05, 4.69) is 31.3 Å². The summed E-state index contributed by atoms with van der Waals surface area (Å²) in [5.74, 6) is 0.223. The van der Waals surface area contributed by atoms with Crippen molar-refractivity contribution in [3.05, 3.63) is 70.3 Å². The highest BCUT2D eigenvalue weighted by molar-refractivity contribution is 9.10. The summed E-state index contributed by atoms with van der Waals surface area (Å²) >= 11 is 4.80. The Hall–Kier alpha value is -2.84. The van der Waals surface area contributed by atoms with Gasteiger partial charge >= 0.3 is 0 Å². The molecule has 0 saturated heterocycles. The predicted molar refractivity (Wildman–Crippen MR) is 107 cm³/mol. The van der Waals surface area contributed by atoms with E-state index >= 15 is 0 Å².